The standard InChI is InChI=1S/C14H15FN2O3/c15-9-6-11-7(1-4-13(19)16-11)5-8(9)14(20)17-10-2-3-12(10)18/h5-6,10,12,18H,1-4H2,(H,16,19)(H,17,20)/t10-,12-/m1/s1. The highest BCUT2D eigenvalue weighted by molar-refractivity contribution is 5.98. The van der Waals surface area contributed by atoms with Crippen molar-refractivity contribution >= 4 is 17.5 Å². The lowest BCUT2D eigenvalue weighted by Crippen LogP contribution is -2.50. The molecule has 0 unspecified atom stereocenters. The number of rotatable bonds is 2. The van der Waals surface area contributed by atoms with Gasteiger partial charge in [0.15, 0.2) is 0 Å². The zero-order valence-electron chi connectivity index (χ0n) is 10.8. The minimum Gasteiger partial charge on any atom is -0.391 e. The molecule has 20 heavy (non-hydrogen) atoms. The highest BCUT2D eigenvalue weighted by Crippen LogP contribution is 2.26. The lowest BCUT2D eigenvalue weighted by Gasteiger charge is -2.33. The van der Waals surface area contributed by atoms with Crippen LogP contribution < -0.4 is 10.6 Å². The molecule has 1 heterocycles. The fraction of sp³-hybridized carbons (Fsp3) is 0.429. The Morgan fingerprint density at radius 2 is 2.15 bits per heavy atom. The first-order valence-electron chi connectivity index (χ1n) is 6.66. The summed E-state index contributed by atoms with van der Waals surface area (Å²) in [4.78, 5) is 23.3. The average Bonchev–Trinajstić information content (AvgIpc) is 2.42. The number of hydrogen-bond acceptors (Lipinski definition) is 3. The topological polar surface area (TPSA) is 78.4 Å². The number of halogens is 1. The van der Waals surface area contributed by atoms with E-state index in [4.69, 9.17) is 0 Å². The molecule has 3 N–H and O–H groups in total. The first kappa shape index (κ1) is 13.1. The number of nitrogens with one attached hydrogen (secondary N) is 2. The Hall–Kier alpha value is -1.95. The van der Waals surface area contributed by atoms with Gasteiger partial charge in [0.2, 0.25) is 5.91 Å². The summed E-state index contributed by atoms with van der Waals surface area (Å²) >= 11 is 0. The highest BCUT2D eigenvalue weighted by atomic mass is 19.1. The van der Waals surface area contributed by atoms with Crippen molar-refractivity contribution in [2.45, 2.75) is 37.8 Å². The molecule has 0 bridgehead atoms. The van der Waals surface area contributed by atoms with Gasteiger partial charge in [-0.2, -0.15) is 0 Å². The van der Waals surface area contributed by atoms with Crippen molar-refractivity contribution in [3.63, 3.8) is 0 Å². The molecule has 0 radical (unpaired) electrons. The van der Waals surface area contributed by atoms with Crippen LogP contribution >= 0.6 is 0 Å². The maximum Gasteiger partial charge on any atom is 0.254 e. The molecule has 106 valence electrons. The molecule has 1 aliphatic carbocycles. The first-order chi connectivity index (χ1) is 9.54. The first-order valence-corrected chi connectivity index (χ1v) is 6.66. The van der Waals surface area contributed by atoms with Gasteiger partial charge in [0.05, 0.1) is 17.7 Å². The largest absolute Gasteiger partial charge is 0.391 e. The van der Waals surface area contributed by atoms with E-state index in [1.807, 2.05) is 0 Å². The van der Waals surface area contributed by atoms with Crippen LogP contribution in [0.4, 0.5) is 10.1 Å². The van der Waals surface area contributed by atoms with E-state index >= 15 is 0 Å². The fourth-order valence-corrected chi connectivity index (χ4v) is 2.47. The number of hydrogen-bond donors (Lipinski definition) is 3. The second-order valence-electron chi connectivity index (χ2n) is 5.26. The molecule has 0 saturated heterocycles. The summed E-state index contributed by atoms with van der Waals surface area (Å²) in [5.41, 5.74) is 1.14. The molecule has 1 aliphatic heterocycles. The Labute approximate surface area is 115 Å². The average molecular weight is 278 g/mol. The van der Waals surface area contributed by atoms with Crippen LogP contribution in [0, 0.1) is 5.82 Å². The molecule has 2 amide bonds. The number of carbonyl (C=O) groups is 2. The van der Waals surface area contributed by atoms with Crippen molar-refractivity contribution in [3.8, 4) is 0 Å². The molecule has 1 aromatic rings. The molecule has 0 aromatic heterocycles. The molecule has 1 aromatic carbocycles. The van der Waals surface area contributed by atoms with Crippen LogP contribution in [0.25, 0.3) is 0 Å². The van der Waals surface area contributed by atoms with Gasteiger partial charge in [-0.3, -0.25) is 9.59 Å². The van der Waals surface area contributed by atoms with E-state index in [0.717, 1.165) is 5.56 Å². The molecule has 0 spiro atoms. The van der Waals surface area contributed by atoms with Gasteiger partial charge in [0, 0.05) is 12.1 Å². The van der Waals surface area contributed by atoms with Gasteiger partial charge in [-0.15, -0.1) is 0 Å². The van der Waals surface area contributed by atoms with Crippen molar-refractivity contribution in [1.82, 2.24) is 5.32 Å². The van der Waals surface area contributed by atoms with Gasteiger partial charge < -0.3 is 15.7 Å². The summed E-state index contributed by atoms with van der Waals surface area (Å²) in [6, 6.07) is 2.36. The molecule has 6 heteroatoms. The van der Waals surface area contributed by atoms with Gasteiger partial charge in [-0.1, -0.05) is 0 Å². The van der Waals surface area contributed by atoms with E-state index in [0.29, 0.717) is 31.4 Å². The van der Waals surface area contributed by atoms with Crippen LogP contribution in [0.2, 0.25) is 0 Å². The zero-order chi connectivity index (χ0) is 14.3. The van der Waals surface area contributed by atoms with E-state index in [9.17, 15) is 19.1 Å². The lowest BCUT2D eigenvalue weighted by atomic mass is 9.89. The Bertz CT molecular complexity index is 588. The van der Waals surface area contributed by atoms with Crippen LogP contribution in [-0.2, 0) is 11.2 Å². The van der Waals surface area contributed by atoms with Gasteiger partial charge in [0.25, 0.3) is 5.91 Å². The summed E-state index contributed by atoms with van der Waals surface area (Å²) in [7, 11) is 0. The van der Waals surface area contributed by atoms with Crippen molar-refractivity contribution in [2.75, 3.05) is 5.32 Å². The minimum absolute atomic E-state index is 0.0426. The van der Waals surface area contributed by atoms with E-state index < -0.39 is 17.8 Å². The van der Waals surface area contributed by atoms with Crippen molar-refractivity contribution in [1.29, 1.82) is 0 Å². The van der Waals surface area contributed by atoms with E-state index in [1.165, 1.54) is 12.1 Å². The number of amides is 2. The summed E-state index contributed by atoms with van der Waals surface area (Å²) in [6.45, 7) is 0. The van der Waals surface area contributed by atoms with E-state index in [-0.39, 0.29) is 17.5 Å². The van der Waals surface area contributed by atoms with Gasteiger partial charge in [-0.25, -0.2) is 4.39 Å². The Balaban J connectivity index is 1.82. The quantitative estimate of drug-likeness (QED) is 0.754. The summed E-state index contributed by atoms with van der Waals surface area (Å²) in [6.07, 6.45) is 1.65. The Morgan fingerprint density at radius 3 is 2.80 bits per heavy atom. The predicted octanol–water partition coefficient (Wildman–Crippen LogP) is 0.964. The van der Waals surface area contributed by atoms with Crippen LogP contribution in [0.3, 0.4) is 0 Å². The van der Waals surface area contributed by atoms with E-state index in [2.05, 4.69) is 10.6 Å². The van der Waals surface area contributed by atoms with Crippen LogP contribution in [0.15, 0.2) is 12.1 Å². The molecular formula is C14H15FN2O3. The molecule has 3 rings (SSSR count). The van der Waals surface area contributed by atoms with Crippen LogP contribution in [0.1, 0.15) is 35.2 Å². The number of benzene rings is 1. The van der Waals surface area contributed by atoms with Gasteiger partial charge >= 0.3 is 0 Å². The molecule has 2 atom stereocenters. The number of aliphatic hydroxyl groups is 1. The number of aliphatic hydroxyl groups excluding tert-OH is 1. The molecule has 5 nitrogen and oxygen atoms in total. The molecular weight excluding hydrogens is 263 g/mol. The summed E-state index contributed by atoms with van der Waals surface area (Å²) in [5, 5.41) is 14.6. The molecule has 1 saturated carbocycles. The summed E-state index contributed by atoms with van der Waals surface area (Å²) in [5.74, 6) is -1.34. The molecule has 1 fully saturated rings. The number of carbonyl (C=O) groups excluding carboxylic acids is 2. The second-order valence-corrected chi connectivity index (χ2v) is 5.26. The van der Waals surface area contributed by atoms with Crippen molar-refractivity contribution in [3.05, 3.63) is 29.1 Å². The third-order valence-corrected chi connectivity index (χ3v) is 3.89. The van der Waals surface area contributed by atoms with E-state index in [1.54, 1.807) is 0 Å². The van der Waals surface area contributed by atoms with Gasteiger partial charge in [-0.05, 0) is 37.0 Å². The Morgan fingerprint density at radius 1 is 1.35 bits per heavy atom. The van der Waals surface area contributed by atoms with Crippen molar-refractivity contribution in [2.24, 2.45) is 0 Å². The fourth-order valence-electron chi connectivity index (χ4n) is 2.47. The highest BCUT2D eigenvalue weighted by Gasteiger charge is 2.31. The number of anilines is 1. The molecule has 2 aliphatic rings. The Kier molecular flexibility index (Phi) is 3.17. The summed E-state index contributed by atoms with van der Waals surface area (Å²) < 4.78 is 13.9. The smallest absolute Gasteiger partial charge is 0.254 e. The normalized spacial score (nSPS) is 24.4. The minimum atomic E-state index is -0.669. The maximum absolute atomic E-state index is 13.9. The zero-order valence-corrected chi connectivity index (χ0v) is 10.8. The third kappa shape index (κ3) is 2.27. The van der Waals surface area contributed by atoms with Gasteiger partial charge in [0.1, 0.15) is 5.82 Å². The van der Waals surface area contributed by atoms with Crippen LogP contribution in [0.5, 0.6) is 0 Å². The second kappa shape index (κ2) is 4.86. The number of aryl methyl sites for hydroxylation is 1. The van der Waals surface area contributed by atoms with Crippen molar-refractivity contribution < 1.29 is 19.1 Å². The predicted molar refractivity (Wildman–Crippen MR) is 69.8 cm³/mol. The SMILES string of the molecule is O=C1CCc2cc(C(=O)N[C@@H]3CC[C@H]3O)c(F)cc2N1. The lowest BCUT2D eigenvalue weighted by molar-refractivity contribution is -0.116. The van der Waals surface area contributed by atoms with Crippen LogP contribution in [-0.4, -0.2) is 29.1 Å². The third-order valence-electron chi connectivity index (χ3n) is 3.89. The maximum atomic E-state index is 13.9. The monoisotopic (exact) mass is 278 g/mol. The number of fused-ring (bicyclic) bond motifs is 1.